The molecule has 4 rings (SSSR count). The first-order valence-electron chi connectivity index (χ1n) is 11.3. The molecule has 1 nitrogen and oxygen atoms in total. The zero-order valence-electron chi connectivity index (χ0n) is 18.9. The quantitative estimate of drug-likeness (QED) is 0.237. The number of rotatable bonds is 8. The maximum atomic E-state index is 4.55. The summed E-state index contributed by atoms with van der Waals surface area (Å²) in [5, 5.41) is 1.11. The van der Waals surface area contributed by atoms with Crippen LogP contribution >= 0.6 is 20.8 Å². The zero-order valence-corrected chi connectivity index (χ0v) is 21.3. The number of nitrogens with zero attached hydrogens (tertiary/aromatic N) is 1. The normalized spacial score (nSPS) is 12.7. The van der Waals surface area contributed by atoms with Crippen molar-refractivity contribution in [2.24, 2.45) is 0 Å². The van der Waals surface area contributed by atoms with Crippen LogP contribution in [-0.4, -0.2) is 13.1 Å². The fraction of sp³-hybridized carbons (Fsp3) is 0.172. The Bertz CT molecular complexity index is 1020. The van der Waals surface area contributed by atoms with E-state index < -0.39 is 5.31 Å². The predicted octanol–water partition coefficient (Wildman–Crippen LogP) is 6.87. The van der Waals surface area contributed by atoms with Crippen LogP contribution in [0, 0.1) is 0 Å². The Morgan fingerprint density at radius 2 is 0.938 bits per heavy atom. The van der Waals surface area contributed by atoms with Gasteiger partial charge in [0.05, 0.1) is 0 Å². The molecule has 0 aliphatic carbocycles. The van der Waals surface area contributed by atoms with E-state index in [9.17, 15) is 0 Å². The molecule has 0 heterocycles. The van der Waals surface area contributed by atoms with Gasteiger partial charge in [-0.15, -0.1) is 0 Å². The molecule has 0 unspecified atom stereocenters. The van der Waals surface area contributed by atoms with E-state index in [1.54, 1.807) is 0 Å². The van der Waals surface area contributed by atoms with Gasteiger partial charge in [0.15, 0.2) is 0 Å². The standard InChI is InChI=1S/C29H31BrNP/c1-3-31(4-2)26-22-20-25(21-23-26)24-32(30,27-14-8-5-9-15-27,28-16-10-6-11-17-28)29-18-12-7-13-19-29/h5-23H,3-4,24H2,1-2H3. The molecule has 0 fully saturated rings. The molecule has 0 bridgehead atoms. The van der Waals surface area contributed by atoms with Crippen LogP contribution in [0.1, 0.15) is 19.4 Å². The van der Waals surface area contributed by atoms with E-state index in [2.05, 4.69) is 149 Å². The second kappa shape index (κ2) is 9.61. The third kappa shape index (κ3) is 4.03. The topological polar surface area (TPSA) is 3.24 Å². The van der Waals surface area contributed by atoms with E-state index in [1.165, 1.54) is 27.2 Å². The van der Waals surface area contributed by atoms with Gasteiger partial charge >= 0.3 is 201 Å². The van der Waals surface area contributed by atoms with Gasteiger partial charge in [0.25, 0.3) is 0 Å². The summed E-state index contributed by atoms with van der Waals surface area (Å²) in [7, 11) is 0. The minimum absolute atomic E-state index is 0.919. The van der Waals surface area contributed by atoms with Crippen molar-refractivity contribution in [1.29, 1.82) is 0 Å². The fourth-order valence-corrected chi connectivity index (χ4v) is 12.4. The monoisotopic (exact) mass is 503 g/mol. The Kier molecular flexibility index (Phi) is 6.84. The molecule has 0 saturated carbocycles. The first kappa shape index (κ1) is 22.8. The minimum atomic E-state index is -2.94. The molecule has 0 atom stereocenters. The summed E-state index contributed by atoms with van der Waals surface area (Å²) in [5.74, 6) is 0. The molecule has 0 radical (unpaired) electrons. The average molecular weight is 504 g/mol. The number of anilines is 1. The van der Waals surface area contributed by atoms with Gasteiger partial charge in [0.1, 0.15) is 0 Å². The first-order chi connectivity index (χ1) is 15.6. The molecule has 0 amide bonds. The summed E-state index contributed by atoms with van der Waals surface area (Å²) < 4.78 is 0. The van der Waals surface area contributed by atoms with Crippen molar-refractivity contribution in [3.05, 3.63) is 121 Å². The number of benzene rings is 4. The summed E-state index contributed by atoms with van der Waals surface area (Å²) in [6.45, 7) is 6.46. The van der Waals surface area contributed by atoms with E-state index >= 15 is 0 Å². The molecular formula is C29H31BrNP. The molecule has 0 aliphatic rings. The van der Waals surface area contributed by atoms with Gasteiger partial charge in [-0.25, -0.2) is 0 Å². The van der Waals surface area contributed by atoms with Crippen LogP contribution in [0.25, 0.3) is 0 Å². The van der Waals surface area contributed by atoms with Crippen LogP contribution in [0.15, 0.2) is 115 Å². The number of hydrogen-bond acceptors (Lipinski definition) is 1. The van der Waals surface area contributed by atoms with Gasteiger partial charge in [-0.3, -0.25) is 0 Å². The van der Waals surface area contributed by atoms with Crippen molar-refractivity contribution in [3.8, 4) is 0 Å². The predicted molar refractivity (Wildman–Crippen MR) is 148 cm³/mol. The SMILES string of the molecule is CCN(CC)c1ccc(CP(Br)(c2ccccc2)(c2ccccc2)c2ccccc2)cc1. The van der Waals surface area contributed by atoms with Crippen LogP contribution in [0.2, 0.25) is 0 Å². The van der Waals surface area contributed by atoms with Gasteiger partial charge in [-0.1, -0.05) is 0 Å². The molecular weight excluding hydrogens is 473 g/mol. The van der Waals surface area contributed by atoms with E-state index in [0.29, 0.717) is 0 Å². The van der Waals surface area contributed by atoms with Crippen molar-refractivity contribution in [2.75, 3.05) is 18.0 Å². The molecule has 3 heteroatoms. The van der Waals surface area contributed by atoms with Crippen LogP contribution in [-0.2, 0) is 6.16 Å². The van der Waals surface area contributed by atoms with Crippen molar-refractivity contribution in [1.82, 2.24) is 0 Å². The first-order valence-corrected chi connectivity index (χ1v) is 15.8. The Hall–Kier alpha value is -2.41. The summed E-state index contributed by atoms with van der Waals surface area (Å²) in [4.78, 5) is 2.39. The second-order valence-corrected chi connectivity index (χ2v) is 17.1. The molecule has 164 valence electrons. The van der Waals surface area contributed by atoms with Crippen molar-refractivity contribution in [2.45, 2.75) is 20.0 Å². The van der Waals surface area contributed by atoms with Gasteiger partial charge in [0.2, 0.25) is 0 Å². The molecule has 4 aromatic rings. The Balaban J connectivity index is 1.94. The number of hydrogen-bond donors (Lipinski definition) is 0. The van der Waals surface area contributed by atoms with Crippen LogP contribution < -0.4 is 20.8 Å². The molecule has 0 saturated heterocycles. The van der Waals surface area contributed by atoms with E-state index in [-0.39, 0.29) is 0 Å². The third-order valence-electron chi connectivity index (χ3n) is 6.43. The molecule has 0 aliphatic heterocycles. The molecule has 0 N–H and O–H groups in total. The van der Waals surface area contributed by atoms with Crippen LogP contribution in [0.4, 0.5) is 5.69 Å². The fourth-order valence-electron chi connectivity index (χ4n) is 4.68. The Labute approximate surface area is 200 Å². The van der Waals surface area contributed by atoms with E-state index in [4.69, 9.17) is 0 Å². The average Bonchev–Trinajstić information content (AvgIpc) is 2.87. The van der Waals surface area contributed by atoms with E-state index in [1.807, 2.05) is 0 Å². The summed E-state index contributed by atoms with van der Waals surface area (Å²) in [5.41, 5.74) is 2.62. The Morgan fingerprint density at radius 3 is 1.28 bits per heavy atom. The van der Waals surface area contributed by atoms with Gasteiger partial charge in [0, 0.05) is 0 Å². The molecule has 0 aromatic heterocycles. The van der Waals surface area contributed by atoms with Crippen molar-refractivity contribution >= 4 is 42.4 Å². The molecule has 32 heavy (non-hydrogen) atoms. The van der Waals surface area contributed by atoms with Crippen molar-refractivity contribution in [3.63, 3.8) is 0 Å². The zero-order chi connectivity index (χ0) is 22.5. The maximum absolute atomic E-state index is 4.55. The number of halogens is 1. The van der Waals surface area contributed by atoms with Crippen LogP contribution in [0.3, 0.4) is 0 Å². The molecule has 0 spiro atoms. The van der Waals surface area contributed by atoms with Gasteiger partial charge < -0.3 is 0 Å². The summed E-state index contributed by atoms with van der Waals surface area (Å²) in [6.07, 6.45) is 0.919. The second-order valence-electron chi connectivity index (χ2n) is 8.19. The van der Waals surface area contributed by atoms with E-state index in [0.717, 1.165) is 19.3 Å². The van der Waals surface area contributed by atoms with Crippen molar-refractivity contribution < 1.29 is 0 Å². The third-order valence-corrected chi connectivity index (χ3v) is 15.9. The van der Waals surface area contributed by atoms with Gasteiger partial charge in [-0.05, 0) is 0 Å². The summed E-state index contributed by atoms with van der Waals surface area (Å²) in [6, 6.07) is 42.2. The van der Waals surface area contributed by atoms with Crippen LogP contribution in [0.5, 0.6) is 0 Å². The Morgan fingerprint density at radius 1 is 0.562 bits per heavy atom. The summed E-state index contributed by atoms with van der Waals surface area (Å²) >= 11 is 4.55. The molecule has 4 aromatic carbocycles. The van der Waals surface area contributed by atoms with Gasteiger partial charge in [-0.2, -0.15) is 0 Å².